The number of amides is 1. The van der Waals surface area contributed by atoms with Gasteiger partial charge in [-0.1, -0.05) is 18.2 Å². The number of carbonyl (C=O) groups excluding carboxylic acids is 2. The molecule has 1 atom stereocenters. The Hall–Kier alpha value is -2.74. The van der Waals surface area contributed by atoms with E-state index in [9.17, 15) is 14.7 Å². The highest BCUT2D eigenvalue weighted by Gasteiger charge is 2.51. The number of ketones is 1. The van der Waals surface area contributed by atoms with E-state index in [1.54, 1.807) is 48.4 Å². The molecule has 0 unspecified atom stereocenters. The Bertz CT molecular complexity index is 908. The van der Waals surface area contributed by atoms with E-state index >= 15 is 0 Å². The SMILES string of the molecule is COc1ccc(C(=O)C[C@]2(O)C(=O)N(CN3CCOCC3)c3ccccc32)cc1. The molecule has 0 spiro atoms. The van der Waals surface area contributed by atoms with E-state index in [2.05, 4.69) is 4.90 Å². The fourth-order valence-electron chi connectivity index (χ4n) is 3.87. The van der Waals surface area contributed by atoms with Crippen molar-refractivity contribution in [2.75, 3.05) is 45.0 Å². The molecule has 0 aliphatic carbocycles. The van der Waals surface area contributed by atoms with Gasteiger partial charge in [-0.2, -0.15) is 0 Å². The molecule has 7 heteroatoms. The van der Waals surface area contributed by atoms with Crippen molar-refractivity contribution < 1.29 is 24.2 Å². The van der Waals surface area contributed by atoms with E-state index in [1.807, 2.05) is 12.1 Å². The Morgan fingerprint density at radius 1 is 1.14 bits per heavy atom. The molecule has 1 saturated heterocycles. The highest BCUT2D eigenvalue weighted by atomic mass is 16.5. The number of para-hydroxylation sites is 1. The van der Waals surface area contributed by atoms with Crippen LogP contribution in [0.4, 0.5) is 5.69 Å². The number of rotatable bonds is 6. The van der Waals surface area contributed by atoms with Gasteiger partial charge in [-0.25, -0.2) is 0 Å². The topological polar surface area (TPSA) is 79.3 Å². The molecule has 7 nitrogen and oxygen atoms in total. The Morgan fingerprint density at radius 3 is 2.52 bits per heavy atom. The van der Waals surface area contributed by atoms with Crippen LogP contribution in [0, 0.1) is 0 Å². The van der Waals surface area contributed by atoms with Crippen molar-refractivity contribution in [1.82, 2.24) is 4.90 Å². The fraction of sp³-hybridized carbons (Fsp3) is 0.364. The molecule has 2 aliphatic heterocycles. The van der Waals surface area contributed by atoms with E-state index in [4.69, 9.17) is 9.47 Å². The third-order valence-corrected chi connectivity index (χ3v) is 5.51. The summed E-state index contributed by atoms with van der Waals surface area (Å²) in [5.74, 6) is -0.127. The van der Waals surface area contributed by atoms with Crippen molar-refractivity contribution in [3.8, 4) is 5.75 Å². The number of methoxy groups -OCH3 is 1. The van der Waals surface area contributed by atoms with Crippen molar-refractivity contribution in [1.29, 1.82) is 0 Å². The Morgan fingerprint density at radius 2 is 1.83 bits per heavy atom. The lowest BCUT2D eigenvalue weighted by Crippen LogP contribution is -2.49. The summed E-state index contributed by atoms with van der Waals surface area (Å²) in [6.45, 7) is 3.02. The minimum atomic E-state index is -1.88. The summed E-state index contributed by atoms with van der Waals surface area (Å²) >= 11 is 0. The lowest BCUT2D eigenvalue weighted by molar-refractivity contribution is -0.136. The van der Waals surface area contributed by atoms with E-state index in [0.29, 0.717) is 42.4 Å². The lowest BCUT2D eigenvalue weighted by Gasteiger charge is -2.31. The van der Waals surface area contributed by atoms with E-state index in [1.165, 1.54) is 0 Å². The molecule has 0 saturated carbocycles. The van der Waals surface area contributed by atoms with Gasteiger partial charge in [0.1, 0.15) is 5.75 Å². The second-order valence-corrected chi connectivity index (χ2v) is 7.31. The van der Waals surface area contributed by atoms with Crippen LogP contribution >= 0.6 is 0 Å². The van der Waals surface area contributed by atoms with Crippen molar-refractivity contribution in [3.05, 3.63) is 59.7 Å². The summed E-state index contributed by atoms with van der Waals surface area (Å²) in [5.41, 5.74) is -0.329. The number of anilines is 1. The maximum absolute atomic E-state index is 13.3. The number of nitrogens with zero attached hydrogens (tertiary/aromatic N) is 2. The number of fused-ring (bicyclic) bond motifs is 1. The molecule has 1 N–H and O–H groups in total. The molecule has 1 fully saturated rings. The molecule has 0 bridgehead atoms. The standard InChI is InChI=1S/C22H24N2O5/c1-28-17-8-6-16(7-9-17)20(25)14-22(27)18-4-2-3-5-19(18)24(21(22)26)15-23-10-12-29-13-11-23/h2-9,27H,10-15H2,1H3/t22-/m1/s1. The van der Waals surface area contributed by atoms with Crippen LogP contribution in [-0.2, 0) is 15.1 Å². The van der Waals surface area contributed by atoms with Crippen molar-refractivity contribution in [3.63, 3.8) is 0 Å². The zero-order valence-corrected chi connectivity index (χ0v) is 16.3. The molecular weight excluding hydrogens is 372 g/mol. The van der Waals surface area contributed by atoms with Crippen LogP contribution in [0.15, 0.2) is 48.5 Å². The summed E-state index contributed by atoms with van der Waals surface area (Å²) < 4.78 is 10.5. The first-order valence-electron chi connectivity index (χ1n) is 9.64. The number of hydrogen-bond donors (Lipinski definition) is 1. The van der Waals surface area contributed by atoms with Gasteiger partial charge in [0, 0.05) is 24.2 Å². The van der Waals surface area contributed by atoms with Crippen LogP contribution in [0.2, 0.25) is 0 Å². The second kappa shape index (κ2) is 7.94. The summed E-state index contributed by atoms with van der Waals surface area (Å²) in [5, 5.41) is 11.4. The first kappa shape index (κ1) is 19.6. The second-order valence-electron chi connectivity index (χ2n) is 7.31. The normalized spacial score (nSPS) is 21.9. The van der Waals surface area contributed by atoms with Gasteiger partial charge in [-0.05, 0) is 30.3 Å². The summed E-state index contributed by atoms with van der Waals surface area (Å²) in [6, 6.07) is 13.8. The van der Waals surface area contributed by atoms with Crippen molar-refractivity contribution in [2.45, 2.75) is 12.0 Å². The van der Waals surface area contributed by atoms with Gasteiger partial charge in [0.05, 0.1) is 39.1 Å². The molecule has 0 aromatic heterocycles. The van der Waals surface area contributed by atoms with E-state index < -0.39 is 11.5 Å². The first-order valence-corrected chi connectivity index (χ1v) is 9.64. The van der Waals surface area contributed by atoms with Crippen LogP contribution in [0.1, 0.15) is 22.3 Å². The molecule has 1 amide bonds. The Kier molecular flexibility index (Phi) is 5.36. The quantitative estimate of drug-likeness (QED) is 0.750. The number of aliphatic hydroxyl groups is 1. The zero-order chi connectivity index (χ0) is 20.4. The summed E-state index contributed by atoms with van der Waals surface area (Å²) in [4.78, 5) is 29.8. The average molecular weight is 396 g/mol. The van der Waals surface area contributed by atoms with Gasteiger partial charge < -0.3 is 14.6 Å². The number of hydrogen-bond acceptors (Lipinski definition) is 6. The van der Waals surface area contributed by atoms with Gasteiger partial charge in [-0.3, -0.25) is 19.4 Å². The molecule has 29 heavy (non-hydrogen) atoms. The Labute approximate surface area is 169 Å². The summed E-state index contributed by atoms with van der Waals surface area (Å²) in [7, 11) is 1.55. The van der Waals surface area contributed by atoms with Crippen LogP contribution in [0.5, 0.6) is 5.75 Å². The highest BCUT2D eigenvalue weighted by molar-refractivity contribution is 6.10. The van der Waals surface area contributed by atoms with E-state index in [0.717, 1.165) is 13.1 Å². The lowest BCUT2D eigenvalue weighted by atomic mass is 9.88. The maximum atomic E-state index is 13.3. The minimum Gasteiger partial charge on any atom is -0.497 e. The number of ether oxygens (including phenoxy) is 2. The molecule has 0 radical (unpaired) electrons. The van der Waals surface area contributed by atoms with Gasteiger partial charge >= 0.3 is 0 Å². The molecule has 152 valence electrons. The smallest absolute Gasteiger partial charge is 0.265 e. The Balaban J connectivity index is 1.59. The number of carbonyl (C=O) groups is 2. The monoisotopic (exact) mass is 396 g/mol. The zero-order valence-electron chi connectivity index (χ0n) is 16.3. The van der Waals surface area contributed by atoms with E-state index in [-0.39, 0.29) is 12.2 Å². The largest absolute Gasteiger partial charge is 0.497 e. The van der Waals surface area contributed by atoms with Crippen LogP contribution in [0.25, 0.3) is 0 Å². The average Bonchev–Trinajstić information content (AvgIpc) is 2.96. The van der Waals surface area contributed by atoms with Crippen molar-refractivity contribution in [2.24, 2.45) is 0 Å². The summed E-state index contributed by atoms with van der Waals surface area (Å²) in [6.07, 6.45) is -0.311. The molecule has 2 aromatic carbocycles. The minimum absolute atomic E-state index is 0.300. The molecule has 2 aliphatic rings. The molecular formula is C22H24N2O5. The number of Topliss-reactive ketones (excluding diaryl/α,β-unsaturated/α-hetero) is 1. The van der Waals surface area contributed by atoms with Gasteiger partial charge in [-0.15, -0.1) is 0 Å². The third kappa shape index (κ3) is 3.64. The van der Waals surface area contributed by atoms with Gasteiger partial charge in [0.2, 0.25) is 0 Å². The van der Waals surface area contributed by atoms with Gasteiger partial charge in [0.15, 0.2) is 11.4 Å². The molecule has 2 heterocycles. The number of morpholine rings is 1. The highest BCUT2D eigenvalue weighted by Crippen LogP contribution is 2.43. The van der Waals surface area contributed by atoms with Crippen molar-refractivity contribution >= 4 is 17.4 Å². The fourth-order valence-corrected chi connectivity index (χ4v) is 3.87. The molecule has 4 rings (SSSR count). The van der Waals surface area contributed by atoms with Gasteiger partial charge in [0.25, 0.3) is 5.91 Å². The van der Waals surface area contributed by atoms with Crippen LogP contribution < -0.4 is 9.64 Å². The number of benzene rings is 2. The molecule has 2 aromatic rings. The third-order valence-electron chi connectivity index (χ3n) is 5.51. The predicted octanol–water partition coefficient (Wildman–Crippen LogP) is 1.79. The predicted molar refractivity (Wildman–Crippen MR) is 107 cm³/mol. The van der Waals surface area contributed by atoms with Crippen LogP contribution in [0.3, 0.4) is 0 Å². The van der Waals surface area contributed by atoms with Crippen LogP contribution in [-0.4, -0.2) is 61.8 Å². The first-order chi connectivity index (χ1) is 14.0. The maximum Gasteiger partial charge on any atom is 0.265 e.